The van der Waals surface area contributed by atoms with Crippen LogP contribution < -0.4 is 10.1 Å². The van der Waals surface area contributed by atoms with Crippen molar-refractivity contribution < 1.29 is 19.4 Å². The van der Waals surface area contributed by atoms with Crippen LogP contribution in [-0.2, 0) is 16.1 Å². The fourth-order valence-corrected chi connectivity index (χ4v) is 3.73. The number of benzene rings is 1. The maximum Gasteiger partial charge on any atom is 0.223 e. The number of likely N-dealkylation sites (tertiary alicyclic amines) is 1. The molecule has 26 heavy (non-hydrogen) atoms. The molecule has 2 N–H and O–H groups in total. The van der Waals surface area contributed by atoms with E-state index in [2.05, 4.69) is 10.2 Å². The largest absolute Gasteiger partial charge is 0.504 e. The Morgan fingerprint density at radius 2 is 2.15 bits per heavy atom. The highest BCUT2D eigenvalue weighted by Crippen LogP contribution is 2.31. The van der Waals surface area contributed by atoms with Gasteiger partial charge >= 0.3 is 0 Å². The molecule has 1 unspecified atom stereocenters. The highest BCUT2D eigenvalue weighted by Gasteiger charge is 2.26. The van der Waals surface area contributed by atoms with E-state index in [0.29, 0.717) is 25.4 Å². The monoisotopic (exact) mass is 362 g/mol. The van der Waals surface area contributed by atoms with Gasteiger partial charge in [0.1, 0.15) is 0 Å². The Kier molecular flexibility index (Phi) is 6.74. The van der Waals surface area contributed by atoms with Gasteiger partial charge in [-0.15, -0.1) is 0 Å². The first-order valence-electron chi connectivity index (χ1n) is 9.72. The van der Waals surface area contributed by atoms with Crippen LogP contribution in [0.15, 0.2) is 18.2 Å². The molecule has 3 rings (SSSR count). The van der Waals surface area contributed by atoms with Gasteiger partial charge in [-0.2, -0.15) is 0 Å². The van der Waals surface area contributed by atoms with Crippen molar-refractivity contribution in [3.8, 4) is 11.5 Å². The van der Waals surface area contributed by atoms with Crippen LogP contribution in [0.25, 0.3) is 0 Å². The van der Waals surface area contributed by atoms with E-state index < -0.39 is 0 Å². The number of carbonyl (C=O) groups is 1. The van der Waals surface area contributed by atoms with Crippen molar-refractivity contribution in [1.29, 1.82) is 0 Å². The number of rotatable bonds is 7. The molecule has 0 aromatic heterocycles. The highest BCUT2D eigenvalue weighted by molar-refractivity contribution is 5.78. The Labute approximate surface area is 155 Å². The van der Waals surface area contributed by atoms with Crippen LogP contribution in [0.2, 0.25) is 0 Å². The molecule has 1 amide bonds. The number of nitrogens with one attached hydrogen (secondary N) is 1. The summed E-state index contributed by atoms with van der Waals surface area (Å²) in [7, 11) is 0. The van der Waals surface area contributed by atoms with Crippen molar-refractivity contribution in [2.75, 3.05) is 32.8 Å². The van der Waals surface area contributed by atoms with Crippen LogP contribution in [0.5, 0.6) is 11.5 Å². The van der Waals surface area contributed by atoms with Crippen LogP contribution >= 0.6 is 0 Å². The van der Waals surface area contributed by atoms with Gasteiger partial charge in [0.15, 0.2) is 11.5 Å². The zero-order valence-electron chi connectivity index (χ0n) is 15.6. The smallest absolute Gasteiger partial charge is 0.223 e. The van der Waals surface area contributed by atoms with Gasteiger partial charge in [0, 0.05) is 31.2 Å². The summed E-state index contributed by atoms with van der Waals surface area (Å²) in [6.07, 6.45) is 4.03. The highest BCUT2D eigenvalue weighted by atomic mass is 16.5. The average molecular weight is 362 g/mol. The lowest BCUT2D eigenvalue weighted by Crippen LogP contribution is -2.42. The molecular formula is C20H30N2O4. The van der Waals surface area contributed by atoms with Crippen molar-refractivity contribution in [2.45, 2.75) is 45.3 Å². The number of nitrogens with zero attached hydrogens (tertiary/aromatic N) is 1. The van der Waals surface area contributed by atoms with Gasteiger partial charge in [0.25, 0.3) is 0 Å². The van der Waals surface area contributed by atoms with E-state index in [1.165, 1.54) is 0 Å². The minimum atomic E-state index is 0.0796. The van der Waals surface area contributed by atoms with Crippen LogP contribution in [-0.4, -0.2) is 54.9 Å². The number of aromatic hydroxyl groups is 1. The lowest BCUT2D eigenvalue weighted by molar-refractivity contribution is -0.127. The fourth-order valence-electron chi connectivity index (χ4n) is 3.73. The molecular weight excluding hydrogens is 332 g/mol. The molecule has 0 spiro atoms. The van der Waals surface area contributed by atoms with Crippen molar-refractivity contribution in [2.24, 2.45) is 5.92 Å². The van der Waals surface area contributed by atoms with E-state index in [9.17, 15) is 9.90 Å². The summed E-state index contributed by atoms with van der Waals surface area (Å²) in [6.45, 7) is 6.28. The summed E-state index contributed by atoms with van der Waals surface area (Å²) >= 11 is 0. The van der Waals surface area contributed by atoms with Gasteiger partial charge in [-0.25, -0.2) is 0 Å². The summed E-state index contributed by atoms with van der Waals surface area (Å²) in [4.78, 5) is 14.6. The fraction of sp³-hybridized carbons (Fsp3) is 0.650. The van der Waals surface area contributed by atoms with E-state index in [1.54, 1.807) is 6.07 Å². The summed E-state index contributed by atoms with van der Waals surface area (Å²) < 4.78 is 11.0. The second kappa shape index (κ2) is 9.24. The van der Waals surface area contributed by atoms with Crippen molar-refractivity contribution in [3.05, 3.63) is 23.8 Å². The van der Waals surface area contributed by atoms with Crippen LogP contribution in [0.4, 0.5) is 0 Å². The topological polar surface area (TPSA) is 71.0 Å². The number of piperidine rings is 1. The van der Waals surface area contributed by atoms with Crippen LogP contribution in [0.3, 0.4) is 0 Å². The van der Waals surface area contributed by atoms with Gasteiger partial charge in [-0.05, 0) is 51.8 Å². The summed E-state index contributed by atoms with van der Waals surface area (Å²) in [6, 6.07) is 5.62. The molecule has 6 nitrogen and oxygen atoms in total. The van der Waals surface area contributed by atoms with Gasteiger partial charge < -0.3 is 19.9 Å². The minimum absolute atomic E-state index is 0.0796. The molecule has 0 radical (unpaired) electrons. The molecule has 0 bridgehead atoms. The number of phenols is 1. The summed E-state index contributed by atoms with van der Waals surface area (Å²) in [5.41, 5.74) is 0.872. The van der Waals surface area contributed by atoms with Crippen molar-refractivity contribution >= 4 is 5.91 Å². The number of carbonyl (C=O) groups excluding carboxylic acids is 1. The zero-order valence-corrected chi connectivity index (χ0v) is 15.6. The molecule has 0 saturated carbocycles. The van der Waals surface area contributed by atoms with Crippen molar-refractivity contribution in [1.82, 2.24) is 10.2 Å². The zero-order chi connectivity index (χ0) is 18.4. The normalized spacial score (nSPS) is 21.7. The van der Waals surface area contributed by atoms with E-state index in [1.807, 2.05) is 19.1 Å². The lowest BCUT2D eigenvalue weighted by atomic mass is 9.95. The number of hydrogen-bond donors (Lipinski definition) is 2. The number of ether oxygens (including phenoxy) is 2. The van der Waals surface area contributed by atoms with E-state index in [0.717, 1.165) is 50.9 Å². The molecule has 2 aliphatic rings. The molecule has 2 aliphatic heterocycles. The minimum Gasteiger partial charge on any atom is -0.504 e. The third-order valence-electron chi connectivity index (χ3n) is 5.26. The Bertz CT molecular complexity index is 593. The third kappa shape index (κ3) is 4.89. The molecule has 1 atom stereocenters. The van der Waals surface area contributed by atoms with E-state index in [-0.39, 0.29) is 23.7 Å². The van der Waals surface area contributed by atoms with E-state index >= 15 is 0 Å². The predicted octanol–water partition coefficient (Wildman–Crippen LogP) is 2.30. The second-order valence-corrected chi connectivity index (χ2v) is 7.13. The maximum atomic E-state index is 12.3. The SMILES string of the molecule is CCOc1cccc(CN2CCC(C(=O)NCC3CCCO3)CC2)c1O. The first-order chi connectivity index (χ1) is 12.7. The Morgan fingerprint density at radius 1 is 1.35 bits per heavy atom. The van der Waals surface area contributed by atoms with Gasteiger partial charge in [-0.1, -0.05) is 12.1 Å². The number of amides is 1. The summed E-state index contributed by atoms with van der Waals surface area (Å²) in [5, 5.41) is 13.4. The third-order valence-corrected chi connectivity index (χ3v) is 5.26. The van der Waals surface area contributed by atoms with Crippen molar-refractivity contribution in [3.63, 3.8) is 0 Å². The first-order valence-corrected chi connectivity index (χ1v) is 9.72. The van der Waals surface area contributed by atoms with Crippen LogP contribution in [0.1, 0.15) is 38.2 Å². The summed E-state index contributed by atoms with van der Waals surface area (Å²) in [5.74, 6) is 0.997. The number of hydrogen-bond acceptors (Lipinski definition) is 5. The Balaban J connectivity index is 1.45. The number of phenolic OH excluding ortho intramolecular Hbond substituents is 1. The van der Waals surface area contributed by atoms with Gasteiger partial charge in [-0.3, -0.25) is 9.69 Å². The molecule has 144 valence electrons. The molecule has 6 heteroatoms. The molecule has 2 saturated heterocycles. The second-order valence-electron chi connectivity index (χ2n) is 7.13. The first kappa shape index (κ1) is 19.0. The van der Waals surface area contributed by atoms with Gasteiger partial charge in [0.2, 0.25) is 5.91 Å². The molecule has 2 fully saturated rings. The number of para-hydroxylation sites is 1. The van der Waals surface area contributed by atoms with E-state index in [4.69, 9.17) is 9.47 Å². The Hall–Kier alpha value is -1.79. The molecule has 1 aromatic rings. The molecule has 1 aromatic carbocycles. The maximum absolute atomic E-state index is 12.3. The Morgan fingerprint density at radius 3 is 2.85 bits per heavy atom. The average Bonchev–Trinajstić information content (AvgIpc) is 3.17. The molecule has 0 aliphatic carbocycles. The predicted molar refractivity (Wildman–Crippen MR) is 99.3 cm³/mol. The lowest BCUT2D eigenvalue weighted by Gasteiger charge is -2.31. The standard InChI is InChI=1S/C20H30N2O4/c1-2-25-18-7-3-5-16(19(18)23)14-22-10-8-15(9-11-22)20(24)21-13-17-6-4-12-26-17/h3,5,7,15,17,23H,2,4,6,8-14H2,1H3,(H,21,24). The van der Waals surface area contributed by atoms with Crippen LogP contribution in [0, 0.1) is 5.92 Å². The van der Waals surface area contributed by atoms with Gasteiger partial charge in [0.05, 0.1) is 12.7 Å². The molecule has 2 heterocycles. The quantitative estimate of drug-likeness (QED) is 0.779.